The average molecular weight is 324 g/mol. The van der Waals surface area contributed by atoms with Crippen LogP contribution in [0.1, 0.15) is 5.69 Å². The zero-order valence-corrected chi connectivity index (χ0v) is 12.6. The molecule has 0 saturated carbocycles. The van der Waals surface area contributed by atoms with Crippen molar-refractivity contribution < 1.29 is 14.7 Å². The van der Waals surface area contributed by atoms with Gasteiger partial charge in [-0.15, -0.1) is 0 Å². The number of para-hydroxylation sites is 1. The van der Waals surface area contributed by atoms with E-state index in [1.165, 1.54) is 0 Å². The van der Waals surface area contributed by atoms with Crippen LogP contribution in [0.2, 0.25) is 0 Å². The standard InChI is InChI=1S/C11H10N2.3ClH.Ti/c1-2-5-10(6-3-1)13-9-11-7-4-8-12-11;;;;/h1-9,12H;3*1H;/q;;;;+3/p-3. The van der Waals surface area contributed by atoms with Crippen molar-refractivity contribution in [3.63, 3.8) is 0 Å². The topological polar surface area (TPSA) is 28.1 Å². The van der Waals surface area contributed by atoms with Crippen LogP contribution >= 0.6 is 27.9 Å². The summed E-state index contributed by atoms with van der Waals surface area (Å²) >= 11 is -1.92. The van der Waals surface area contributed by atoms with E-state index >= 15 is 0 Å². The molecular formula is C11H10Cl3N2Ti. The van der Waals surface area contributed by atoms with Gasteiger partial charge in [0.2, 0.25) is 0 Å². The predicted molar refractivity (Wildman–Crippen MR) is 72.0 cm³/mol. The molecule has 0 amide bonds. The normalized spacial score (nSPS) is 9.82. The molecule has 17 heavy (non-hydrogen) atoms. The quantitative estimate of drug-likeness (QED) is 0.605. The average Bonchev–Trinajstić information content (AvgIpc) is 2.80. The summed E-state index contributed by atoms with van der Waals surface area (Å²) in [5.74, 6) is 0. The van der Waals surface area contributed by atoms with Crippen molar-refractivity contribution in [2.24, 2.45) is 4.99 Å². The molecule has 0 atom stereocenters. The number of hydrogen-bond acceptors (Lipinski definition) is 1. The van der Waals surface area contributed by atoms with Gasteiger partial charge in [-0.2, -0.15) is 0 Å². The SMILES string of the molecule is C(=Nc1ccccc1)c1ccc[nH]1.[Cl][Ti]([Cl])[Cl]. The van der Waals surface area contributed by atoms with Gasteiger partial charge < -0.3 is 4.98 Å². The summed E-state index contributed by atoms with van der Waals surface area (Å²) in [6.45, 7) is 0. The van der Waals surface area contributed by atoms with Crippen LogP contribution in [-0.2, 0) is 14.7 Å². The summed E-state index contributed by atoms with van der Waals surface area (Å²) < 4.78 is 0. The fraction of sp³-hybridized carbons (Fsp3) is 0. The Morgan fingerprint density at radius 2 is 1.65 bits per heavy atom. The van der Waals surface area contributed by atoms with Gasteiger partial charge in [-0.05, 0) is 24.3 Å². The summed E-state index contributed by atoms with van der Waals surface area (Å²) in [7, 11) is 14.9. The molecule has 1 aromatic heterocycles. The first-order valence-electron chi connectivity index (χ1n) is 4.74. The molecule has 0 aliphatic heterocycles. The van der Waals surface area contributed by atoms with E-state index in [9.17, 15) is 0 Å². The van der Waals surface area contributed by atoms with Gasteiger partial charge in [0.05, 0.1) is 17.6 Å². The summed E-state index contributed by atoms with van der Waals surface area (Å²) in [5.41, 5.74) is 1.99. The van der Waals surface area contributed by atoms with Crippen molar-refractivity contribution in [1.29, 1.82) is 0 Å². The zero-order chi connectivity index (χ0) is 12.5. The van der Waals surface area contributed by atoms with Crippen LogP contribution in [-0.4, -0.2) is 11.2 Å². The molecule has 0 spiro atoms. The van der Waals surface area contributed by atoms with Gasteiger partial charge in [0.15, 0.2) is 0 Å². The Labute approximate surface area is 118 Å². The minimum atomic E-state index is -1.92. The zero-order valence-electron chi connectivity index (χ0n) is 8.78. The predicted octanol–water partition coefficient (Wildman–Crippen LogP) is 4.83. The van der Waals surface area contributed by atoms with Crippen molar-refractivity contribution in [3.05, 3.63) is 54.4 Å². The van der Waals surface area contributed by atoms with Gasteiger partial charge in [0, 0.05) is 6.20 Å². The molecule has 0 aliphatic carbocycles. The molecule has 0 bridgehead atoms. The Kier molecular flexibility index (Phi) is 7.66. The van der Waals surface area contributed by atoms with Gasteiger partial charge in [0.1, 0.15) is 0 Å². The van der Waals surface area contributed by atoms with Gasteiger partial charge in [0.25, 0.3) is 0 Å². The third-order valence-corrected chi connectivity index (χ3v) is 1.73. The fourth-order valence-corrected chi connectivity index (χ4v) is 1.08. The van der Waals surface area contributed by atoms with E-state index in [0.717, 1.165) is 11.4 Å². The number of aliphatic imine (C=N–C) groups is 1. The number of halogens is 3. The Bertz CT molecular complexity index is 426. The molecule has 2 rings (SSSR count). The van der Waals surface area contributed by atoms with Crippen LogP contribution < -0.4 is 0 Å². The van der Waals surface area contributed by atoms with Crippen molar-refractivity contribution >= 4 is 39.8 Å². The number of nitrogens with zero attached hydrogens (tertiary/aromatic N) is 1. The molecule has 1 N–H and O–H groups in total. The van der Waals surface area contributed by atoms with E-state index in [1.807, 2.05) is 54.9 Å². The molecule has 0 unspecified atom stereocenters. The monoisotopic (exact) mass is 323 g/mol. The molecule has 0 fully saturated rings. The summed E-state index contributed by atoms with van der Waals surface area (Å²) in [6.07, 6.45) is 3.70. The van der Waals surface area contributed by atoms with Crippen molar-refractivity contribution in [2.75, 3.05) is 0 Å². The summed E-state index contributed by atoms with van der Waals surface area (Å²) in [6, 6.07) is 13.8. The van der Waals surface area contributed by atoms with E-state index in [-0.39, 0.29) is 0 Å². The van der Waals surface area contributed by atoms with E-state index < -0.39 is 14.7 Å². The number of benzene rings is 1. The minimum absolute atomic E-state index is 0.970. The van der Waals surface area contributed by atoms with Crippen LogP contribution in [0.15, 0.2) is 53.7 Å². The maximum atomic E-state index is 4.97. The van der Waals surface area contributed by atoms with Gasteiger partial charge >= 0.3 is 42.6 Å². The molecule has 2 aromatic rings. The molecule has 1 aromatic carbocycles. The second kappa shape index (κ2) is 8.79. The number of hydrogen-bond donors (Lipinski definition) is 1. The molecule has 6 heteroatoms. The third kappa shape index (κ3) is 7.64. The molecule has 89 valence electrons. The third-order valence-electron chi connectivity index (χ3n) is 1.73. The molecule has 0 saturated heterocycles. The van der Waals surface area contributed by atoms with Gasteiger partial charge in [-0.1, -0.05) is 18.2 Å². The Morgan fingerprint density at radius 1 is 1.00 bits per heavy atom. The van der Waals surface area contributed by atoms with Crippen molar-refractivity contribution in [2.45, 2.75) is 0 Å². The van der Waals surface area contributed by atoms with Crippen molar-refractivity contribution in [3.8, 4) is 0 Å². The molecule has 0 radical (unpaired) electrons. The summed E-state index contributed by atoms with van der Waals surface area (Å²) in [4.78, 5) is 7.35. The number of H-pyrrole nitrogens is 1. The van der Waals surface area contributed by atoms with E-state index in [0.29, 0.717) is 0 Å². The molecule has 2 nitrogen and oxygen atoms in total. The van der Waals surface area contributed by atoms with E-state index in [4.69, 9.17) is 27.9 Å². The van der Waals surface area contributed by atoms with Crippen LogP contribution in [0.25, 0.3) is 0 Å². The molecular weight excluding hydrogens is 314 g/mol. The second-order valence-corrected chi connectivity index (χ2v) is 10.7. The van der Waals surface area contributed by atoms with Gasteiger partial charge in [-0.3, -0.25) is 4.99 Å². The van der Waals surface area contributed by atoms with Crippen LogP contribution in [0, 0.1) is 0 Å². The van der Waals surface area contributed by atoms with Crippen LogP contribution in [0.5, 0.6) is 0 Å². The molecule has 1 heterocycles. The second-order valence-electron chi connectivity index (χ2n) is 2.93. The Balaban J connectivity index is 0.000000317. The maximum absolute atomic E-state index is 4.97. The van der Waals surface area contributed by atoms with E-state index in [1.54, 1.807) is 0 Å². The van der Waals surface area contributed by atoms with Gasteiger partial charge in [-0.25, -0.2) is 0 Å². The van der Waals surface area contributed by atoms with Crippen LogP contribution in [0.3, 0.4) is 0 Å². The van der Waals surface area contributed by atoms with Crippen LogP contribution in [0.4, 0.5) is 5.69 Å². The first kappa shape index (κ1) is 14.8. The Morgan fingerprint density at radius 3 is 2.18 bits per heavy atom. The summed E-state index contributed by atoms with van der Waals surface area (Å²) in [5, 5.41) is 0. The fourth-order valence-electron chi connectivity index (χ4n) is 1.08. The number of nitrogens with one attached hydrogen (secondary N) is 1. The number of aromatic amines is 1. The Hall–Kier alpha value is -0.246. The number of rotatable bonds is 2. The molecule has 0 aliphatic rings. The number of aromatic nitrogens is 1. The first-order chi connectivity index (χ1) is 8.18. The van der Waals surface area contributed by atoms with E-state index in [2.05, 4.69) is 9.98 Å². The van der Waals surface area contributed by atoms with Crippen molar-refractivity contribution in [1.82, 2.24) is 4.98 Å². The first-order valence-corrected chi connectivity index (χ1v) is 11.2.